The van der Waals surface area contributed by atoms with Gasteiger partial charge in [0.05, 0.1) is 11.6 Å². The number of hydrogen-bond donors (Lipinski definition) is 1. The molecule has 22 heavy (non-hydrogen) atoms. The Morgan fingerprint density at radius 2 is 2.09 bits per heavy atom. The molecule has 0 aliphatic carbocycles. The van der Waals surface area contributed by atoms with E-state index in [-0.39, 0.29) is 12.3 Å². The Labute approximate surface area is 133 Å². The lowest BCUT2D eigenvalue weighted by Crippen LogP contribution is -2.24. The molecule has 2 rings (SSSR count). The molecule has 1 amide bonds. The van der Waals surface area contributed by atoms with E-state index in [1.807, 2.05) is 32.0 Å². The molecule has 0 bridgehead atoms. The summed E-state index contributed by atoms with van der Waals surface area (Å²) in [4.78, 5) is 27.1. The minimum Gasteiger partial charge on any atom is -0.550 e. The molecule has 0 radical (unpaired) electrons. The Morgan fingerprint density at radius 3 is 2.77 bits per heavy atom. The van der Waals surface area contributed by atoms with E-state index < -0.39 is 11.9 Å². The third-order valence-corrected chi connectivity index (χ3v) is 4.60. The zero-order chi connectivity index (χ0) is 16.3. The van der Waals surface area contributed by atoms with Crippen LogP contribution in [-0.4, -0.2) is 16.9 Å². The van der Waals surface area contributed by atoms with Crippen LogP contribution in [0, 0.1) is 13.8 Å². The van der Waals surface area contributed by atoms with Gasteiger partial charge in [0.1, 0.15) is 5.01 Å². The molecule has 1 aromatic carbocycles. The lowest BCUT2D eigenvalue weighted by molar-refractivity contribution is -0.304. The number of aromatic nitrogens is 1. The van der Waals surface area contributed by atoms with Crippen molar-refractivity contribution in [3.8, 4) is 0 Å². The minimum atomic E-state index is -1.18. The second-order valence-electron chi connectivity index (χ2n) is 5.18. The highest BCUT2D eigenvalue weighted by Gasteiger charge is 2.19. The molecular formula is C16H17N2O3S-. The summed E-state index contributed by atoms with van der Waals surface area (Å²) < 4.78 is 0. The summed E-state index contributed by atoms with van der Waals surface area (Å²) in [5.74, 6) is -1.78. The van der Waals surface area contributed by atoms with Gasteiger partial charge in [0.2, 0.25) is 5.91 Å². The van der Waals surface area contributed by atoms with Crippen LogP contribution in [0.2, 0.25) is 0 Å². The number of hydrogen-bond acceptors (Lipinski definition) is 5. The van der Waals surface area contributed by atoms with E-state index in [1.165, 1.54) is 11.3 Å². The van der Waals surface area contributed by atoms with Gasteiger partial charge in [0.15, 0.2) is 0 Å². The van der Waals surface area contributed by atoms with Gasteiger partial charge in [0.25, 0.3) is 0 Å². The van der Waals surface area contributed by atoms with Gasteiger partial charge in [-0.25, -0.2) is 4.98 Å². The van der Waals surface area contributed by atoms with Crippen LogP contribution < -0.4 is 10.4 Å². The average Bonchev–Trinajstić information content (AvgIpc) is 2.90. The number of benzene rings is 1. The average molecular weight is 317 g/mol. The number of carboxylic acid groups (broad SMARTS) is 1. The maximum atomic E-state index is 12.3. The molecule has 1 heterocycles. The Balaban J connectivity index is 2.10. The maximum absolute atomic E-state index is 12.3. The van der Waals surface area contributed by atoms with Crippen LogP contribution in [0.4, 0.5) is 5.69 Å². The summed E-state index contributed by atoms with van der Waals surface area (Å²) in [7, 11) is 0. The van der Waals surface area contributed by atoms with Gasteiger partial charge in [-0.05, 0) is 38.0 Å². The standard InChI is InChI=1S/C16H18N2O3S/c1-9-5-4-6-13(10(9)2)18-15(21)11(3)16-17-12(8-22-16)7-14(19)20/h4-6,8,11H,7H2,1-3H3,(H,18,21)(H,19,20)/p-1/t11-/m0/s1. The van der Waals surface area contributed by atoms with Crippen LogP contribution in [0.15, 0.2) is 23.6 Å². The van der Waals surface area contributed by atoms with Crippen molar-refractivity contribution in [2.24, 2.45) is 0 Å². The topological polar surface area (TPSA) is 82.1 Å². The molecule has 116 valence electrons. The third kappa shape index (κ3) is 3.71. The maximum Gasteiger partial charge on any atom is 0.234 e. The van der Waals surface area contributed by atoms with E-state index in [2.05, 4.69) is 10.3 Å². The summed E-state index contributed by atoms with van der Waals surface area (Å²) in [6.07, 6.45) is -0.234. The van der Waals surface area contributed by atoms with Gasteiger partial charge in [0, 0.05) is 23.5 Å². The number of aliphatic carboxylic acids is 1. The van der Waals surface area contributed by atoms with Crippen molar-refractivity contribution in [1.82, 2.24) is 4.98 Å². The molecule has 0 fully saturated rings. The van der Waals surface area contributed by atoms with Crippen molar-refractivity contribution in [3.63, 3.8) is 0 Å². The van der Waals surface area contributed by atoms with Gasteiger partial charge < -0.3 is 15.2 Å². The number of amides is 1. The fourth-order valence-electron chi connectivity index (χ4n) is 1.99. The van der Waals surface area contributed by atoms with Crippen molar-refractivity contribution >= 4 is 28.9 Å². The first kappa shape index (κ1) is 16.2. The second kappa shape index (κ2) is 6.70. The minimum absolute atomic E-state index is 0.164. The van der Waals surface area contributed by atoms with Gasteiger partial charge in [-0.2, -0.15) is 0 Å². The van der Waals surface area contributed by atoms with Gasteiger partial charge in [-0.1, -0.05) is 12.1 Å². The molecule has 0 aliphatic rings. The van der Waals surface area contributed by atoms with Gasteiger partial charge in [-0.15, -0.1) is 11.3 Å². The van der Waals surface area contributed by atoms with Crippen LogP contribution in [0.3, 0.4) is 0 Å². The first-order valence-electron chi connectivity index (χ1n) is 6.89. The predicted octanol–water partition coefficient (Wildman–Crippen LogP) is 1.79. The van der Waals surface area contributed by atoms with Crippen LogP contribution in [0.25, 0.3) is 0 Å². The van der Waals surface area contributed by atoms with Crippen LogP contribution >= 0.6 is 11.3 Å². The molecule has 1 N–H and O–H groups in total. The fraction of sp³-hybridized carbons (Fsp3) is 0.312. The highest BCUT2D eigenvalue weighted by Crippen LogP contribution is 2.24. The van der Waals surface area contributed by atoms with Crippen molar-refractivity contribution in [2.45, 2.75) is 33.1 Å². The SMILES string of the molecule is Cc1cccc(NC(=O)[C@H](C)c2nc(CC(=O)[O-])cs2)c1C. The van der Waals surface area contributed by atoms with E-state index in [9.17, 15) is 14.7 Å². The summed E-state index contributed by atoms with van der Waals surface area (Å²) in [5.41, 5.74) is 3.34. The fourth-order valence-corrected chi connectivity index (χ4v) is 2.86. The highest BCUT2D eigenvalue weighted by molar-refractivity contribution is 7.09. The van der Waals surface area contributed by atoms with Crippen molar-refractivity contribution in [1.29, 1.82) is 0 Å². The number of nitrogens with zero attached hydrogens (tertiary/aromatic N) is 1. The Kier molecular flexibility index (Phi) is 4.92. The highest BCUT2D eigenvalue weighted by atomic mass is 32.1. The first-order valence-corrected chi connectivity index (χ1v) is 7.77. The van der Waals surface area contributed by atoms with Gasteiger partial charge in [-0.3, -0.25) is 4.79 Å². The molecule has 0 unspecified atom stereocenters. The number of nitrogens with one attached hydrogen (secondary N) is 1. The molecule has 0 saturated heterocycles. The van der Waals surface area contributed by atoms with Gasteiger partial charge >= 0.3 is 0 Å². The largest absolute Gasteiger partial charge is 0.550 e. The zero-order valence-corrected chi connectivity index (χ0v) is 13.5. The van der Waals surface area contributed by atoms with E-state index in [0.717, 1.165) is 16.8 Å². The molecule has 1 atom stereocenters. The summed E-state index contributed by atoms with van der Waals surface area (Å²) >= 11 is 1.28. The van der Waals surface area contributed by atoms with Crippen LogP contribution in [-0.2, 0) is 16.0 Å². The normalized spacial score (nSPS) is 12.0. The van der Waals surface area contributed by atoms with Crippen LogP contribution in [0.1, 0.15) is 34.7 Å². The van der Waals surface area contributed by atoms with E-state index in [1.54, 1.807) is 12.3 Å². The smallest absolute Gasteiger partial charge is 0.234 e. The molecular weight excluding hydrogens is 300 g/mol. The Bertz CT molecular complexity index is 709. The van der Waals surface area contributed by atoms with Crippen LogP contribution in [0.5, 0.6) is 0 Å². The summed E-state index contributed by atoms with van der Waals surface area (Å²) in [6.45, 7) is 5.69. The monoisotopic (exact) mass is 317 g/mol. The Morgan fingerprint density at radius 1 is 1.36 bits per heavy atom. The van der Waals surface area contributed by atoms with Crippen molar-refractivity contribution in [3.05, 3.63) is 45.4 Å². The third-order valence-electron chi connectivity index (χ3n) is 3.52. The number of aryl methyl sites for hydroxylation is 1. The molecule has 2 aromatic rings. The van der Waals surface area contributed by atoms with E-state index in [0.29, 0.717) is 10.7 Å². The molecule has 0 aliphatic heterocycles. The second-order valence-corrected chi connectivity index (χ2v) is 6.07. The number of carbonyl (C=O) groups is 2. The molecule has 1 aromatic heterocycles. The van der Waals surface area contributed by atoms with E-state index in [4.69, 9.17) is 0 Å². The first-order chi connectivity index (χ1) is 10.4. The number of rotatable bonds is 5. The van der Waals surface area contributed by atoms with E-state index >= 15 is 0 Å². The quantitative estimate of drug-likeness (QED) is 0.911. The molecule has 6 heteroatoms. The number of carboxylic acids is 1. The lowest BCUT2D eigenvalue weighted by atomic mass is 10.1. The molecule has 0 saturated carbocycles. The summed E-state index contributed by atoms with van der Waals surface area (Å²) in [5, 5.41) is 15.7. The van der Waals surface area contributed by atoms with Crippen molar-refractivity contribution in [2.75, 3.05) is 5.32 Å². The number of thiazole rings is 1. The van der Waals surface area contributed by atoms with Crippen molar-refractivity contribution < 1.29 is 14.7 Å². The predicted molar refractivity (Wildman–Crippen MR) is 83.8 cm³/mol. The molecule has 0 spiro atoms. The molecule has 5 nitrogen and oxygen atoms in total. The summed E-state index contributed by atoms with van der Waals surface area (Å²) in [6, 6.07) is 5.74. The lowest BCUT2D eigenvalue weighted by Gasteiger charge is -2.13. The number of anilines is 1. The number of carbonyl (C=O) groups excluding carboxylic acids is 2. The Hall–Kier alpha value is -2.21. The zero-order valence-electron chi connectivity index (χ0n) is 12.7.